The summed E-state index contributed by atoms with van der Waals surface area (Å²) in [6, 6.07) is 9.90. The lowest BCUT2D eigenvalue weighted by molar-refractivity contribution is 0.122. The van der Waals surface area contributed by atoms with E-state index < -0.39 is 0 Å². The van der Waals surface area contributed by atoms with Gasteiger partial charge in [0.25, 0.3) is 0 Å². The van der Waals surface area contributed by atoms with E-state index in [2.05, 4.69) is 42.0 Å². The highest BCUT2D eigenvalue weighted by Gasteiger charge is 2.25. The van der Waals surface area contributed by atoms with Gasteiger partial charge in [-0.3, -0.25) is 0 Å². The molecule has 0 radical (unpaired) electrons. The Morgan fingerprint density at radius 2 is 2.06 bits per heavy atom. The highest BCUT2D eigenvalue weighted by atomic mass is 16.5. The first-order valence-corrected chi connectivity index (χ1v) is 12.2. The highest BCUT2D eigenvalue weighted by molar-refractivity contribution is 5.90. The molecule has 0 aliphatic carbocycles. The summed E-state index contributed by atoms with van der Waals surface area (Å²) in [5, 5.41) is 3.10. The molecule has 3 N–H and O–H groups in total. The topological polar surface area (TPSA) is 83.7 Å². The number of nitrogens with two attached hydrogens (primary N) is 1. The summed E-state index contributed by atoms with van der Waals surface area (Å²) in [6.07, 6.45) is 2.19. The number of urea groups is 1. The summed E-state index contributed by atoms with van der Waals surface area (Å²) in [5.41, 5.74) is 10.5. The number of nitrogens with one attached hydrogen (secondary N) is 1. The number of carbonyl (C=O) groups excluding carboxylic acids is 1. The van der Waals surface area contributed by atoms with Gasteiger partial charge in [0.1, 0.15) is 11.5 Å². The molecule has 0 saturated carbocycles. The summed E-state index contributed by atoms with van der Waals surface area (Å²) < 4.78 is 5.51. The Balaban J connectivity index is 1.64. The number of benzene rings is 1. The van der Waals surface area contributed by atoms with Gasteiger partial charge in [-0.05, 0) is 73.1 Å². The number of hydrogen-bond acceptors (Lipinski definition) is 5. The SMILES string of the molecule is CC[C@@H]1CCN(C(=O)Nc2ccc(C)c(-c3cc(C#CC(C)N)nc(N4CCOCC4)c3)c2)C1. The van der Waals surface area contributed by atoms with E-state index >= 15 is 0 Å². The monoisotopic (exact) mass is 461 g/mol. The average molecular weight is 462 g/mol. The molecule has 7 nitrogen and oxygen atoms in total. The Labute approximate surface area is 202 Å². The van der Waals surface area contributed by atoms with Gasteiger partial charge < -0.3 is 25.6 Å². The van der Waals surface area contributed by atoms with Crippen LogP contribution >= 0.6 is 0 Å². The van der Waals surface area contributed by atoms with E-state index in [0.717, 1.165) is 67.2 Å². The number of ether oxygens (including phenoxy) is 1. The van der Waals surface area contributed by atoms with Crippen molar-refractivity contribution in [2.75, 3.05) is 49.6 Å². The number of pyridine rings is 1. The molecule has 4 rings (SSSR count). The minimum Gasteiger partial charge on any atom is -0.378 e. The average Bonchev–Trinajstić information content (AvgIpc) is 3.34. The molecule has 2 aliphatic rings. The lowest BCUT2D eigenvalue weighted by atomic mass is 9.99. The van der Waals surface area contributed by atoms with Crippen LogP contribution in [0.5, 0.6) is 0 Å². The molecule has 180 valence electrons. The summed E-state index contributed by atoms with van der Waals surface area (Å²) >= 11 is 0. The largest absolute Gasteiger partial charge is 0.378 e. The second-order valence-electron chi connectivity index (χ2n) is 9.23. The fraction of sp³-hybridized carbons (Fsp3) is 0.481. The molecule has 1 aromatic carbocycles. The Bertz CT molecular complexity index is 1080. The Kier molecular flexibility index (Phi) is 7.71. The number of aromatic nitrogens is 1. The van der Waals surface area contributed by atoms with Gasteiger partial charge in [-0.15, -0.1) is 0 Å². The van der Waals surface area contributed by atoms with Gasteiger partial charge in [0.05, 0.1) is 19.3 Å². The predicted octanol–water partition coefficient (Wildman–Crippen LogP) is 3.86. The van der Waals surface area contributed by atoms with E-state index in [1.165, 1.54) is 0 Å². The molecular formula is C27H35N5O2. The van der Waals surface area contributed by atoms with Crippen LogP contribution in [-0.2, 0) is 4.74 Å². The minimum atomic E-state index is -0.226. The molecule has 3 heterocycles. The second-order valence-corrected chi connectivity index (χ2v) is 9.23. The van der Waals surface area contributed by atoms with Crippen LogP contribution in [0.2, 0.25) is 0 Å². The van der Waals surface area contributed by atoms with Crippen molar-refractivity contribution in [3.8, 4) is 23.0 Å². The quantitative estimate of drug-likeness (QED) is 0.676. The van der Waals surface area contributed by atoms with Crippen molar-refractivity contribution in [2.24, 2.45) is 11.7 Å². The molecule has 0 spiro atoms. The maximum absolute atomic E-state index is 12.8. The van der Waals surface area contributed by atoms with Crippen molar-refractivity contribution < 1.29 is 9.53 Å². The molecule has 34 heavy (non-hydrogen) atoms. The number of aryl methyl sites for hydroxylation is 1. The number of nitrogens with zero attached hydrogens (tertiary/aromatic N) is 3. The van der Waals surface area contributed by atoms with Crippen molar-refractivity contribution >= 4 is 17.5 Å². The van der Waals surface area contributed by atoms with Gasteiger partial charge in [0.2, 0.25) is 0 Å². The normalized spacial score (nSPS) is 18.9. The van der Waals surface area contributed by atoms with Crippen molar-refractivity contribution in [3.05, 3.63) is 41.6 Å². The number of hydrogen-bond donors (Lipinski definition) is 2. The third-order valence-corrected chi connectivity index (χ3v) is 6.53. The molecule has 1 unspecified atom stereocenters. The molecule has 2 atom stereocenters. The summed E-state index contributed by atoms with van der Waals surface area (Å²) in [5.74, 6) is 7.63. The van der Waals surface area contributed by atoms with Crippen LogP contribution in [0.3, 0.4) is 0 Å². The number of carbonyl (C=O) groups is 1. The van der Waals surface area contributed by atoms with Crippen LogP contribution in [0.4, 0.5) is 16.3 Å². The first kappa shape index (κ1) is 24.1. The van der Waals surface area contributed by atoms with Crippen LogP contribution in [-0.4, -0.2) is 61.3 Å². The number of likely N-dealkylation sites (tertiary alicyclic amines) is 1. The molecule has 7 heteroatoms. The molecule has 2 aromatic rings. The fourth-order valence-corrected chi connectivity index (χ4v) is 4.44. The zero-order chi connectivity index (χ0) is 24.1. The first-order valence-electron chi connectivity index (χ1n) is 12.2. The third kappa shape index (κ3) is 5.88. The maximum Gasteiger partial charge on any atom is 0.321 e. The first-order chi connectivity index (χ1) is 16.4. The van der Waals surface area contributed by atoms with E-state index in [0.29, 0.717) is 24.8 Å². The Morgan fingerprint density at radius 3 is 2.76 bits per heavy atom. The summed E-state index contributed by atoms with van der Waals surface area (Å²) in [7, 11) is 0. The number of amides is 2. The third-order valence-electron chi connectivity index (χ3n) is 6.53. The van der Waals surface area contributed by atoms with E-state index in [9.17, 15) is 4.79 Å². The highest BCUT2D eigenvalue weighted by Crippen LogP contribution is 2.30. The van der Waals surface area contributed by atoms with E-state index in [1.54, 1.807) is 0 Å². The van der Waals surface area contributed by atoms with E-state index in [-0.39, 0.29) is 12.1 Å². The zero-order valence-corrected chi connectivity index (χ0v) is 20.4. The zero-order valence-electron chi connectivity index (χ0n) is 20.4. The standard InChI is InChI=1S/C27H35N5O2/c1-4-21-9-10-32(18-21)27(33)30-24-7-5-19(2)25(17-24)22-15-23(8-6-20(3)28)29-26(16-22)31-11-13-34-14-12-31/h5,7,15-17,20-21H,4,9-14,18,28H2,1-3H3,(H,30,33)/t20?,21-/m1/s1. The van der Waals surface area contributed by atoms with Gasteiger partial charge in [-0.1, -0.05) is 25.3 Å². The minimum absolute atomic E-state index is 0.0297. The Hall–Kier alpha value is -3.08. The van der Waals surface area contributed by atoms with Gasteiger partial charge in [0.15, 0.2) is 0 Å². The Morgan fingerprint density at radius 1 is 1.26 bits per heavy atom. The van der Waals surface area contributed by atoms with Crippen molar-refractivity contribution in [1.82, 2.24) is 9.88 Å². The second kappa shape index (κ2) is 10.9. The summed E-state index contributed by atoms with van der Waals surface area (Å²) in [4.78, 5) is 21.8. The fourth-order valence-electron chi connectivity index (χ4n) is 4.44. The lowest BCUT2D eigenvalue weighted by Crippen LogP contribution is -2.36. The molecule has 2 saturated heterocycles. The number of morpholine rings is 1. The van der Waals surface area contributed by atoms with Gasteiger partial charge >= 0.3 is 6.03 Å². The summed E-state index contributed by atoms with van der Waals surface area (Å²) in [6.45, 7) is 10.7. The molecular weight excluding hydrogens is 426 g/mol. The number of anilines is 2. The lowest BCUT2D eigenvalue weighted by Gasteiger charge is -2.28. The molecule has 2 amide bonds. The van der Waals surface area contributed by atoms with Gasteiger partial charge in [-0.2, -0.15) is 0 Å². The molecule has 0 bridgehead atoms. The van der Waals surface area contributed by atoms with Crippen LogP contribution < -0.4 is 16.0 Å². The maximum atomic E-state index is 12.8. The smallest absolute Gasteiger partial charge is 0.321 e. The van der Waals surface area contributed by atoms with Gasteiger partial charge in [0, 0.05) is 31.9 Å². The van der Waals surface area contributed by atoms with E-state index in [1.807, 2.05) is 36.1 Å². The molecule has 2 aliphatic heterocycles. The van der Waals surface area contributed by atoms with Crippen LogP contribution in [0.1, 0.15) is 37.9 Å². The van der Waals surface area contributed by atoms with Gasteiger partial charge in [-0.25, -0.2) is 9.78 Å². The van der Waals surface area contributed by atoms with Crippen molar-refractivity contribution in [3.63, 3.8) is 0 Å². The predicted molar refractivity (Wildman–Crippen MR) is 137 cm³/mol. The number of rotatable bonds is 4. The molecule has 1 aromatic heterocycles. The van der Waals surface area contributed by atoms with Crippen LogP contribution in [0.15, 0.2) is 30.3 Å². The van der Waals surface area contributed by atoms with E-state index in [4.69, 9.17) is 15.5 Å². The van der Waals surface area contributed by atoms with Crippen LogP contribution in [0.25, 0.3) is 11.1 Å². The van der Waals surface area contributed by atoms with Crippen LogP contribution in [0, 0.1) is 24.7 Å². The van der Waals surface area contributed by atoms with Crippen molar-refractivity contribution in [2.45, 2.75) is 39.7 Å². The molecule has 2 fully saturated rings. The van der Waals surface area contributed by atoms with Crippen molar-refractivity contribution in [1.29, 1.82) is 0 Å².